The summed E-state index contributed by atoms with van der Waals surface area (Å²) in [4.78, 5) is 27.3. The van der Waals surface area contributed by atoms with Gasteiger partial charge in [-0.1, -0.05) is 24.3 Å². The molecule has 0 bridgehead atoms. The highest BCUT2D eigenvalue weighted by molar-refractivity contribution is 6.46. The predicted octanol–water partition coefficient (Wildman–Crippen LogP) is 3.99. The van der Waals surface area contributed by atoms with Crippen molar-refractivity contribution in [3.05, 3.63) is 70.5 Å². The van der Waals surface area contributed by atoms with Crippen molar-refractivity contribution in [1.29, 1.82) is 0 Å². The lowest BCUT2D eigenvalue weighted by Crippen LogP contribution is -2.33. The minimum atomic E-state index is -0.832. The van der Waals surface area contributed by atoms with E-state index in [1.54, 1.807) is 12.1 Å². The molecule has 164 valence electrons. The van der Waals surface area contributed by atoms with Crippen molar-refractivity contribution in [2.24, 2.45) is 0 Å². The van der Waals surface area contributed by atoms with Gasteiger partial charge in [0.25, 0.3) is 11.7 Å². The first-order chi connectivity index (χ1) is 14.8. The number of hydrogen-bond donors (Lipinski definition) is 1. The molecule has 2 aromatic carbocycles. The molecule has 1 aliphatic rings. The molecular formula is C24H26FNO5. The molecule has 1 atom stereocenters. The van der Waals surface area contributed by atoms with E-state index in [9.17, 15) is 19.1 Å². The SMILES string of the molecule is COc1ccc(F)cc1/C(O)=C1\C(=O)C(=O)N(CCOC(C)C)C1c1ccccc1C. The van der Waals surface area contributed by atoms with E-state index in [1.165, 1.54) is 24.1 Å². The third-order valence-corrected chi connectivity index (χ3v) is 5.22. The molecule has 1 aliphatic heterocycles. The summed E-state index contributed by atoms with van der Waals surface area (Å²) in [7, 11) is 1.38. The first-order valence-corrected chi connectivity index (χ1v) is 10.1. The van der Waals surface area contributed by atoms with Crippen LogP contribution in [-0.4, -0.2) is 48.1 Å². The second-order valence-electron chi connectivity index (χ2n) is 7.61. The number of methoxy groups -OCH3 is 1. The number of aliphatic hydroxyl groups is 1. The van der Waals surface area contributed by atoms with Crippen LogP contribution in [0.25, 0.3) is 5.76 Å². The Labute approximate surface area is 180 Å². The molecule has 0 saturated carbocycles. The van der Waals surface area contributed by atoms with Crippen molar-refractivity contribution < 1.29 is 28.6 Å². The van der Waals surface area contributed by atoms with Gasteiger partial charge in [-0.15, -0.1) is 0 Å². The quantitative estimate of drug-likeness (QED) is 0.411. The average molecular weight is 427 g/mol. The first-order valence-electron chi connectivity index (χ1n) is 10.1. The van der Waals surface area contributed by atoms with E-state index in [1.807, 2.05) is 32.9 Å². The lowest BCUT2D eigenvalue weighted by molar-refractivity contribution is -0.140. The maximum absolute atomic E-state index is 13.9. The highest BCUT2D eigenvalue weighted by Crippen LogP contribution is 2.41. The number of likely N-dealkylation sites (tertiary alicyclic amines) is 1. The molecule has 0 aromatic heterocycles. The Bertz CT molecular complexity index is 1030. The fraction of sp³-hybridized carbons (Fsp3) is 0.333. The number of ketones is 1. The molecule has 0 aliphatic carbocycles. The van der Waals surface area contributed by atoms with Crippen LogP contribution in [0.5, 0.6) is 5.75 Å². The summed E-state index contributed by atoms with van der Waals surface area (Å²) in [5.41, 5.74) is 1.45. The van der Waals surface area contributed by atoms with Gasteiger partial charge in [0.1, 0.15) is 17.3 Å². The van der Waals surface area contributed by atoms with Crippen LogP contribution in [0.15, 0.2) is 48.0 Å². The fourth-order valence-electron chi connectivity index (χ4n) is 3.72. The number of Topliss-reactive ketones (excluding diaryl/α,β-unsaturated/α-hetero) is 1. The fourth-order valence-corrected chi connectivity index (χ4v) is 3.72. The number of hydrogen-bond acceptors (Lipinski definition) is 5. The second-order valence-corrected chi connectivity index (χ2v) is 7.61. The normalized spacial score (nSPS) is 18.1. The summed E-state index contributed by atoms with van der Waals surface area (Å²) < 4.78 is 24.8. The summed E-state index contributed by atoms with van der Waals surface area (Å²) in [6, 6.07) is 10.1. The van der Waals surface area contributed by atoms with Gasteiger partial charge in [0, 0.05) is 6.54 Å². The molecule has 0 spiro atoms. The molecular weight excluding hydrogens is 401 g/mol. The smallest absolute Gasteiger partial charge is 0.295 e. The van der Waals surface area contributed by atoms with Crippen LogP contribution in [0.2, 0.25) is 0 Å². The van der Waals surface area contributed by atoms with E-state index in [0.717, 1.165) is 11.6 Å². The molecule has 7 heteroatoms. The maximum atomic E-state index is 13.9. The van der Waals surface area contributed by atoms with Gasteiger partial charge >= 0.3 is 0 Å². The molecule has 3 rings (SSSR count). The number of amides is 1. The zero-order valence-corrected chi connectivity index (χ0v) is 18.0. The summed E-state index contributed by atoms with van der Waals surface area (Å²) in [6.45, 7) is 6.02. The molecule has 1 unspecified atom stereocenters. The van der Waals surface area contributed by atoms with Gasteiger partial charge < -0.3 is 19.5 Å². The Morgan fingerprint density at radius 1 is 1.19 bits per heavy atom. The number of rotatable bonds is 7. The van der Waals surface area contributed by atoms with Crippen molar-refractivity contribution in [3.63, 3.8) is 0 Å². The number of halogens is 1. The largest absolute Gasteiger partial charge is 0.507 e. The summed E-state index contributed by atoms with van der Waals surface area (Å²) in [5, 5.41) is 11.1. The first kappa shape index (κ1) is 22.5. The topological polar surface area (TPSA) is 76.1 Å². The number of nitrogens with zero attached hydrogens (tertiary/aromatic N) is 1. The van der Waals surface area contributed by atoms with E-state index in [4.69, 9.17) is 9.47 Å². The van der Waals surface area contributed by atoms with Crippen LogP contribution in [0.3, 0.4) is 0 Å². The van der Waals surface area contributed by atoms with Gasteiger partial charge in [-0.2, -0.15) is 0 Å². The van der Waals surface area contributed by atoms with Crippen LogP contribution in [0.1, 0.15) is 36.6 Å². The summed E-state index contributed by atoms with van der Waals surface area (Å²) in [5.74, 6) is -2.46. The minimum Gasteiger partial charge on any atom is -0.507 e. The van der Waals surface area contributed by atoms with E-state index in [2.05, 4.69) is 0 Å². The summed E-state index contributed by atoms with van der Waals surface area (Å²) in [6.07, 6.45) is -0.0368. The van der Waals surface area contributed by atoms with Gasteiger partial charge in [-0.25, -0.2) is 4.39 Å². The Kier molecular flexibility index (Phi) is 6.75. The van der Waals surface area contributed by atoms with Crippen molar-refractivity contribution >= 4 is 17.4 Å². The standard InChI is InChI=1S/C24H26FNO5/c1-14(2)31-12-11-26-21(17-8-6-5-7-15(17)3)20(23(28)24(26)29)22(27)18-13-16(25)9-10-19(18)30-4/h5-10,13-14,21,27H,11-12H2,1-4H3/b22-20+. The molecule has 1 amide bonds. The third-order valence-electron chi connectivity index (χ3n) is 5.22. The summed E-state index contributed by atoms with van der Waals surface area (Å²) >= 11 is 0. The molecule has 1 heterocycles. The van der Waals surface area contributed by atoms with Crippen LogP contribution >= 0.6 is 0 Å². The Hall–Kier alpha value is -3.19. The van der Waals surface area contributed by atoms with Crippen molar-refractivity contribution in [3.8, 4) is 5.75 Å². The van der Waals surface area contributed by atoms with E-state index in [0.29, 0.717) is 5.56 Å². The van der Waals surface area contributed by atoms with E-state index >= 15 is 0 Å². The number of aryl methyl sites for hydroxylation is 1. The molecule has 2 aromatic rings. The zero-order chi connectivity index (χ0) is 22.7. The Balaban J connectivity index is 2.18. The molecule has 6 nitrogen and oxygen atoms in total. The van der Waals surface area contributed by atoms with Crippen molar-refractivity contribution in [2.45, 2.75) is 32.9 Å². The number of aliphatic hydroxyl groups excluding tert-OH is 1. The lowest BCUT2D eigenvalue weighted by atomic mass is 9.92. The highest BCUT2D eigenvalue weighted by atomic mass is 19.1. The van der Waals surface area contributed by atoms with Crippen LogP contribution in [-0.2, 0) is 14.3 Å². The van der Waals surface area contributed by atoms with Crippen molar-refractivity contribution in [2.75, 3.05) is 20.3 Å². The van der Waals surface area contributed by atoms with E-state index < -0.39 is 29.3 Å². The number of benzene rings is 2. The minimum absolute atomic E-state index is 0.0116. The molecule has 1 N–H and O–H groups in total. The van der Waals surface area contributed by atoms with Gasteiger partial charge in [-0.05, 0) is 50.1 Å². The maximum Gasteiger partial charge on any atom is 0.295 e. The van der Waals surface area contributed by atoms with Crippen LogP contribution < -0.4 is 4.74 Å². The predicted molar refractivity (Wildman–Crippen MR) is 114 cm³/mol. The molecule has 31 heavy (non-hydrogen) atoms. The highest BCUT2D eigenvalue weighted by Gasteiger charge is 2.46. The van der Waals surface area contributed by atoms with Crippen LogP contribution in [0.4, 0.5) is 4.39 Å². The molecule has 0 radical (unpaired) electrons. The Morgan fingerprint density at radius 3 is 2.55 bits per heavy atom. The van der Waals surface area contributed by atoms with Gasteiger partial charge in [-0.3, -0.25) is 9.59 Å². The second kappa shape index (κ2) is 9.31. The van der Waals surface area contributed by atoms with Gasteiger partial charge in [0.05, 0.1) is 37.0 Å². The van der Waals surface area contributed by atoms with Gasteiger partial charge in [0.15, 0.2) is 0 Å². The van der Waals surface area contributed by atoms with E-state index in [-0.39, 0.29) is 36.1 Å². The molecule has 1 saturated heterocycles. The van der Waals surface area contributed by atoms with Crippen LogP contribution in [0, 0.1) is 12.7 Å². The van der Waals surface area contributed by atoms with Gasteiger partial charge in [0.2, 0.25) is 0 Å². The Morgan fingerprint density at radius 2 is 1.90 bits per heavy atom. The number of carbonyl (C=O) groups excluding carboxylic acids is 2. The average Bonchev–Trinajstić information content (AvgIpc) is 2.98. The number of carbonyl (C=O) groups is 2. The monoisotopic (exact) mass is 427 g/mol. The zero-order valence-electron chi connectivity index (χ0n) is 18.0. The van der Waals surface area contributed by atoms with Crippen molar-refractivity contribution in [1.82, 2.24) is 4.90 Å². The lowest BCUT2D eigenvalue weighted by Gasteiger charge is -2.27. The third kappa shape index (κ3) is 4.46. The molecule has 1 fully saturated rings. The number of ether oxygens (including phenoxy) is 2.